The molecule has 0 aliphatic carbocycles. The Bertz CT molecular complexity index is 2160. The summed E-state index contributed by atoms with van der Waals surface area (Å²) in [5.41, 5.74) is 3.49. The highest BCUT2D eigenvalue weighted by Gasteiger charge is 2.24. The fourth-order valence-electron chi connectivity index (χ4n) is 5.01. The molecule has 0 aliphatic rings. The molecule has 9 nitrogen and oxygen atoms in total. The molecule has 0 spiro atoms. The van der Waals surface area contributed by atoms with Crippen molar-refractivity contribution in [3.8, 4) is 5.75 Å². The molecule has 266 valence electrons. The largest absolute Gasteiger partial charge is 0.489 e. The van der Waals surface area contributed by atoms with Crippen LogP contribution in [0.25, 0.3) is 6.08 Å². The maximum absolute atomic E-state index is 13.8. The van der Waals surface area contributed by atoms with Gasteiger partial charge >= 0.3 is 0 Å². The second-order valence-corrected chi connectivity index (χ2v) is 14.6. The zero-order valence-electron chi connectivity index (χ0n) is 28.6. The summed E-state index contributed by atoms with van der Waals surface area (Å²) >= 11 is 3.99. The van der Waals surface area contributed by atoms with Gasteiger partial charge in [-0.1, -0.05) is 116 Å². The number of amides is 3. The molecule has 3 amide bonds. The van der Waals surface area contributed by atoms with Crippen molar-refractivity contribution in [2.75, 3.05) is 16.4 Å². The van der Waals surface area contributed by atoms with Gasteiger partial charge in [-0.3, -0.25) is 19.7 Å². The van der Waals surface area contributed by atoms with E-state index in [9.17, 15) is 14.4 Å². The summed E-state index contributed by atoms with van der Waals surface area (Å²) < 4.78 is 10.2. The maximum Gasteiger partial charge on any atom is 0.272 e. The molecule has 0 saturated heterocycles. The van der Waals surface area contributed by atoms with Crippen molar-refractivity contribution in [1.82, 2.24) is 14.7 Å². The lowest BCUT2D eigenvalue weighted by Crippen LogP contribution is -2.30. The summed E-state index contributed by atoms with van der Waals surface area (Å²) in [5, 5.41) is 9.07. The summed E-state index contributed by atoms with van der Waals surface area (Å²) in [7, 11) is 0. The summed E-state index contributed by atoms with van der Waals surface area (Å²) in [6.45, 7) is 2.44. The maximum atomic E-state index is 13.8. The lowest BCUT2D eigenvalue weighted by Gasteiger charge is -2.17. The molecule has 1 atom stereocenters. The Kier molecular flexibility index (Phi) is 13.1. The molecular formula is C41H35N5O4S3. The first-order valence-corrected chi connectivity index (χ1v) is 19.3. The normalized spacial score (nSPS) is 11.7. The number of nitrogens with one attached hydrogen (secondary N) is 3. The Labute approximate surface area is 320 Å². The van der Waals surface area contributed by atoms with Crippen molar-refractivity contribution in [3.63, 3.8) is 0 Å². The predicted molar refractivity (Wildman–Crippen MR) is 214 cm³/mol. The number of thioether (sulfide) groups is 2. The molecule has 1 heterocycles. The van der Waals surface area contributed by atoms with Gasteiger partial charge in [0.25, 0.3) is 11.8 Å². The van der Waals surface area contributed by atoms with E-state index in [1.54, 1.807) is 48.5 Å². The van der Waals surface area contributed by atoms with Crippen molar-refractivity contribution < 1.29 is 19.1 Å². The zero-order chi connectivity index (χ0) is 36.8. The Morgan fingerprint density at radius 2 is 1.51 bits per heavy atom. The predicted octanol–water partition coefficient (Wildman–Crippen LogP) is 9.11. The average molecular weight is 758 g/mol. The summed E-state index contributed by atoms with van der Waals surface area (Å²) in [6, 6.07) is 42.5. The van der Waals surface area contributed by atoms with E-state index in [2.05, 4.69) is 25.3 Å². The lowest BCUT2D eigenvalue weighted by atomic mass is 10.1. The first kappa shape index (κ1) is 37.1. The molecule has 12 heteroatoms. The van der Waals surface area contributed by atoms with Gasteiger partial charge in [-0.25, -0.2) is 0 Å². The van der Waals surface area contributed by atoms with E-state index in [4.69, 9.17) is 4.74 Å². The van der Waals surface area contributed by atoms with Crippen LogP contribution in [-0.2, 0) is 16.2 Å². The number of carbonyl (C=O) groups is 3. The molecule has 6 rings (SSSR count). The fraction of sp³-hybridized carbons (Fsp3) is 0.0976. The highest BCUT2D eigenvalue weighted by Crippen LogP contribution is 2.37. The molecule has 1 aromatic heterocycles. The molecule has 0 aliphatic heterocycles. The van der Waals surface area contributed by atoms with Gasteiger partial charge in [0, 0.05) is 27.7 Å². The minimum absolute atomic E-state index is 0.0501. The fourth-order valence-corrected chi connectivity index (χ4v) is 7.37. The van der Waals surface area contributed by atoms with Crippen LogP contribution in [0.1, 0.15) is 39.2 Å². The zero-order valence-corrected chi connectivity index (χ0v) is 31.0. The van der Waals surface area contributed by atoms with Crippen molar-refractivity contribution in [2.45, 2.75) is 28.8 Å². The second kappa shape index (κ2) is 18.7. The summed E-state index contributed by atoms with van der Waals surface area (Å²) in [5.74, 6) is 0.312. The van der Waals surface area contributed by atoms with Crippen LogP contribution in [0.4, 0.5) is 10.8 Å². The standard InChI is InChI=1S/C41H35N5O4S3/c1-2-51-41-45-40(53-46-41)44-39(49)36(30-15-8-4-9-16-30)52-34-20-12-19-32(26-34)42-38(48)35(43-37(47)31-17-10-5-11-18-31)25-28-21-23-33(24-22-28)50-27-29-13-6-3-7-14-29/h3-26,36H,2,27H2,1H3,(H,42,48)(H,43,47)(H,44,45,46,49)/b35-25-. The topological polar surface area (TPSA) is 122 Å². The van der Waals surface area contributed by atoms with Crippen LogP contribution < -0.4 is 20.7 Å². The smallest absolute Gasteiger partial charge is 0.272 e. The number of anilines is 2. The minimum Gasteiger partial charge on any atom is -0.489 e. The van der Waals surface area contributed by atoms with Gasteiger partial charge < -0.3 is 15.4 Å². The van der Waals surface area contributed by atoms with Crippen LogP contribution in [0.3, 0.4) is 0 Å². The highest BCUT2D eigenvalue weighted by molar-refractivity contribution is 8.00. The van der Waals surface area contributed by atoms with E-state index in [0.717, 1.165) is 33.3 Å². The Morgan fingerprint density at radius 1 is 0.811 bits per heavy atom. The van der Waals surface area contributed by atoms with Crippen LogP contribution in [-0.4, -0.2) is 32.8 Å². The number of rotatable bonds is 15. The van der Waals surface area contributed by atoms with E-state index in [-0.39, 0.29) is 11.6 Å². The summed E-state index contributed by atoms with van der Waals surface area (Å²) in [4.78, 5) is 45.8. The molecule has 3 N–H and O–H groups in total. The second-order valence-electron chi connectivity index (χ2n) is 11.4. The molecule has 0 fully saturated rings. The third-order valence-electron chi connectivity index (χ3n) is 7.57. The third kappa shape index (κ3) is 10.9. The number of hydrogen-bond donors (Lipinski definition) is 3. The molecule has 0 saturated carbocycles. The number of aromatic nitrogens is 2. The molecular weight excluding hydrogens is 723 g/mol. The van der Waals surface area contributed by atoms with Crippen LogP contribution in [0, 0.1) is 0 Å². The molecule has 5 aromatic carbocycles. The monoisotopic (exact) mass is 757 g/mol. The van der Waals surface area contributed by atoms with Gasteiger partial charge in [0.05, 0.1) is 0 Å². The number of ether oxygens (including phenoxy) is 1. The summed E-state index contributed by atoms with van der Waals surface area (Å²) in [6.07, 6.45) is 1.61. The SMILES string of the molecule is CCSc1nsc(NC(=O)C(Sc2cccc(NC(=O)/C(=C/c3ccc(OCc4ccccc4)cc3)NC(=O)c3ccccc3)c2)c2ccccc2)n1. The van der Waals surface area contributed by atoms with E-state index in [0.29, 0.717) is 39.5 Å². The van der Waals surface area contributed by atoms with Crippen LogP contribution in [0.15, 0.2) is 155 Å². The van der Waals surface area contributed by atoms with E-state index in [1.165, 1.54) is 23.5 Å². The van der Waals surface area contributed by atoms with Gasteiger partial charge in [-0.2, -0.15) is 9.36 Å². The Morgan fingerprint density at radius 3 is 2.23 bits per heavy atom. The highest BCUT2D eigenvalue weighted by atomic mass is 32.2. The quantitative estimate of drug-likeness (QED) is 0.0701. The molecule has 6 aromatic rings. The Balaban J connectivity index is 1.19. The third-order valence-corrected chi connectivity index (χ3v) is 10.3. The molecule has 1 unspecified atom stereocenters. The van der Waals surface area contributed by atoms with Gasteiger partial charge in [0.2, 0.25) is 16.2 Å². The van der Waals surface area contributed by atoms with E-state index >= 15 is 0 Å². The number of hydrogen-bond acceptors (Lipinski definition) is 9. The van der Waals surface area contributed by atoms with E-state index in [1.807, 2.05) is 104 Å². The minimum atomic E-state index is -0.617. The number of benzene rings is 5. The Hall–Kier alpha value is -5.69. The van der Waals surface area contributed by atoms with Crippen LogP contribution in [0.5, 0.6) is 5.75 Å². The molecule has 0 radical (unpaired) electrons. The lowest BCUT2D eigenvalue weighted by molar-refractivity contribution is -0.116. The van der Waals surface area contributed by atoms with E-state index < -0.39 is 17.1 Å². The van der Waals surface area contributed by atoms with Crippen molar-refractivity contribution in [3.05, 3.63) is 167 Å². The first-order valence-electron chi connectivity index (χ1n) is 16.7. The molecule has 0 bridgehead atoms. The van der Waals surface area contributed by atoms with Crippen molar-refractivity contribution in [2.24, 2.45) is 0 Å². The van der Waals surface area contributed by atoms with Gasteiger partial charge in [-0.05, 0) is 71.0 Å². The first-order chi connectivity index (χ1) is 25.9. The van der Waals surface area contributed by atoms with Crippen molar-refractivity contribution in [1.29, 1.82) is 0 Å². The van der Waals surface area contributed by atoms with Gasteiger partial charge in [-0.15, -0.1) is 11.8 Å². The average Bonchev–Trinajstić information content (AvgIpc) is 3.64. The molecule has 53 heavy (non-hydrogen) atoms. The van der Waals surface area contributed by atoms with Gasteiger partial charge in [0.1, 0.15) is 23.3 Å². The van der Waals surface area contributed by atoms with Crippen molar-refractivity contribution >= 4 is 69.7 Å². The van der Waals surface area contributed by atoms with Crippen LogP contribution in [0.2, 0.25) is 0 Å². The van der Waals surface area contributed by atoms with Crippen LogP contribution >= 0.6 is 35.1 Å². The number of nitrogens with zero attached hydrogens (tertiary/aromatic N) is 2. The number of carbonyl (C=O) groups excluding carboxylic acids is 3. The van der Waals surface area contributed by atoms with Gasteiger partial charge in [0.15, 0.2) is 0 Å².